The molecule has 0 bridgehead atoms. The average Bonchev–Trinajstić information content (AvgIpc) is 2.38. The number of hydrogen-bond acceptors (Lipinski definition) is 1. The molecule has 0 aromatic rings. The Morgan fingerprint density at radius 2 is 1.71 bits per heavy atom. The molecular weight excluding hydrogens is 170 g/mol. The highest BCUT2D eigenvalue weighted by molar-refractivity contribution is 6.05. The van der Waals surface area contributed by atoms with Gasteiger partial charge in [0.2, 0.25) is 0 Å². The van der Waals surface area contributed by atoms with Crippen LogP contribution in [-0.4, -0.2) is 5.71 Å². The van der Waals surface area contributed by atoms with Crippen LogP contribution in [0, 0.1) is 5.41 Å². The maximum Gasteiger partial charge on any atom is 0.0711 e. The minimum Gasteiger partial charge on any atom is -0.253 e. The molecule has 0 radical (unpaired) electrons. The van der Waals surface area contributed by atoms with E-state index in [1.54, 1.807) is 0 Å². The molecule has 2 aliphatic rings. The molecule has 1 heterocycles. The van der Waals surface area contributed by atoms with Crippen molar-refractivity contribution in [2.24, 2.45) is 10.4 Å². The number of hydrogen-bond donors (Lipinski definition) is 0. The highest BCUT2D eigenvalue weighted by Crippen LogP contribution is 2.40. The fraction of sp³-hybridized carbons (Fsp3) is 0.462. The van der Waals surface area contributed by atoms with Gasteiger partial charge in [-0.3, -0.25) is 4.99 Å². The van der Waals surface area contributed by atoms with Gasteiger partial charge in [0, 0.05) is 11.3 Å². The van der Waals surface area contributed by atoms with Crippen LogP contribution in [0.15, 0.2) is 39.6 Å². The molecule has 0 saturated carbocycles. The van der Waals surface area contributed by atoms with E-state index in [2.05, 4.69) is 51.8 Å². The molecule has 0 aromatic carbocycles. The number of aliphatic imine (C=N–C) groups is 1. The van der Waals surface area contributed by atoms with E-state index in [1.807, 2.05) is 0 Å². The minimum atomic E-state index is 0.194. The lowest BCUT2D eigenvalue weighted by Gasteiger charge is -2.21. The summed E-state index contributed by atoms with van der Waals surface area (Å²) in [7, 11) is 0. The number of nitrogens with zero attached hydrogens (tertiary/aromatic N) is 1. The molecule has 1 aliphatic heterocycles. The summed E-state index contributed by atoms with van der Waals surface area (Å²) in [6.07, 6.45) is 4.41. The van der Waals surface area contributed by atoms with Crippen LogP contribution in [0.5, 0.6) is 0 Å². The zero-order valence-corrected chi connectivity index (χ0v) is 9.60. The average molecular weight is 187 g/mol. The van der Waals surface area contributed by atoms with Gasteiger partial charge in [0.25, 0.3) is 0 Å². The quantitative estimate of drug-likeness (QED) is 0.549. The molecule has 74 valence electrons. The third-order valence-corrected chi connectivity index (χ3v) is 2.68. The van der Waals surface area contributed by atoms with Crippen molar-refractivity contribution in [3.63, 3.8) is 0 Å². The zero-order valence-electron chi connectivity index (χ0n) is 9.60. The van der Waals surface area contributed by atoms with Crippen LogP contribution in [0.4, 0.5) is 0 Å². The van der Waals surface area contributed by atoms with Crippen molar-refractivity contribution in [3.8, 4) is 0 Å². The second-order valence-electron chi connectivity index (χ2n) is 5.15. The van der Waals surface area contributed by atoms with Gasteiger partial charge >= 0.3 is 0 Å². The first-order valence-corrected chi connectivity index (χ1v) is 5.10. The van der Waals surface area contributed by atoms with Crippen LogP contribution in [-0.2, 0) is 0 Å². The Bertz CT molecular complexity index is 409. The standard InChI is InChI=1S/C13H17N/c1-8-6-10-11(7-8)14-9(2)12(10)13(3,4)5/h6-7H,1-5H3. The first kappa shape index (κ1) is 9.45. The van der Waals surface area contributed by atoms with Gasteiger partial charge in [-0.1, -0.05) is 20.8 Å². The summed E-state index contributed by atoms with van der Waals surface area (Å²) in [5, 5.41) is 0. The zero-order chi connectivity index (χ0) is 10.5. The summed E-state index contributed by atoms with van der Waals surface area (Å²) < 4.78 is 0. The Morgan fingerprint density at radius 1 is 1.07 bits per heavy atom. The van der Waals surface area contributed by atoms with Gasteiger partial charge in [-0.05, 0) is 42.6 Å². The normalized spacial score (nSPS) is 20.8. The maximum absolute atomic E-state index is 4.60. The molecule has 0 amide bonds. The van der Waals surface area contributed by atoms with E-state index < -0.39 is 0 Å². The Balaban J connectivity index is 2.59. The van der Waals surface area contributed by atoms with E-state index in [0.717, 1.165) is 5.70 Å². The maximum atomic E-state index is 4.60. The van der Waals surface area contributed by atoms with Gasteiger partial charge in [0.05, 0.1) is 5.70 Å². The van der Waals surface area contributed by atoms with Crippen LogP contribution in [0.25, 0.3) is 0 Å². The van der Waals surface area contributed by atoms with Crippen molar-refractivity contribution in [2.45, 2.75) is 34.6 Å². The molecule has 0 spiro atoms. The smallest absolute Gasteiger partial charge is 0.0711 e. The second kappa shape index (κ2) is 2.69. The number of fused-ring (bicyclic) bond motifs is 1. The summed E-state index contributed by atoms with van der Waals surface area (Å²) in [5.74, 6) is 0. The summed E-state index contributed by atoms with van der Waals surface area (Å²) in [6, 6.07) is 0. The summed E-state index contributed by atoms with van der Waals surface area (Å²) >= 11 is 0. The van der Waals surface area contributed by atoms with Gasteiger partial charge in [0.1, 0.15) is 0 Å². The summed E-state index contributed by atoms with van der Waals surface area (Å²) in [5.41, 5.74) is 6.59. The molecule has 1 heteroatoms. The van der Waals surface area contributed by atoms with E-state index in [4.69, 9.17) is 0 Å². The van der Waals surface area contributed by atoms with E-state index in [9.17, 15) is 0 Å². The first-order chi connectivity index (χ1) is 6.39. The van der Waals surface area contributed by atoms with Crippen LogP contribution < -0.4 is 0 Å². The molecule has 14 heavy (non-hydrogen) atoms. The molecule has 0 atom stereocenters. The number of rotatable bonds is 0. The molecule has 1 nitrogen and oxygen atoms in total. The predicted octanol–water partition coefficient (Wildman–Crippen LogP) is 3.65. The van der Waals surface area contributed by atoms with E-state index in [-0.39, 0.29) is 5.41 Å². The lowest BCUT2D eigenvalue weighted by molar-refractivity contribution is 0.523. The Labute approximate surface area is 85.9 Å². The highest BCUT2D eigenvalue weighted by Gasteiger charge is 2.30. The van der Waals surface area contributed by atoms with Crippen molar-refractivity contribution < 1.29 is 0 Å². The predicted molar refractivity (Wildman–Crippen MR) is 61.4 cm³/mol. The molecule has 0 unspecified atom stereocenters. The minimum absolute atomic E-state index is 0.194. The molecule has 0 saturated heterocycles. The van der Waals surface area contributed by atoms with Gasteiger partial charge in [-0.15, -0.1) is 0 Å². The highest BCUT2D eigenvalue weighted by atomic mass is 14.8. The Hall–Kier alpha value is -1.11. The Morgan fingerprint density at radius 3 is 2.29 bits per heavy atom. The molecule has 2 rings (SSSR count). The second-order valence-corrected chi connectivity index (χ2v) is 5.15. The third kappa shape index (κ3) is 1.28. The lowest BCUT2D eigenvalue weighted by Crippen LogP contribution is -2.15. The molecular formula is C13H17N. The number of allylic oxidation sites excluding steroid dienone is 4. The van der Waals surface area contributed by atoms with Crippen LogP contribution in [0.2, 0.25) is 0 Å². The van der Waals surface area contributed by atoms with E-state index in [0.29, 0.717) is 0 Å². The van der Waals surface area contributed by atoms with Crippen LogP contribution >= 0.6 is 0 Å². The van der Waals surface area contributed by atoms with Gasteiger partial charge < -0.3 is 0 Å². The largest absolute Gasteiger partial charge is 0.253 e. The molecule has 0 aromatic heterocycles. The third-order valence-electron chi connectivity index (χ3n) is 2.68. The van der Waals surface area contributed by atoms with Crippen LogP contribution in [0.1, 0.15) is 34.6 Å². The topological polar surface area (TPSA) is 12.4 Å². The summed E-state index contributed by atoms with van der Waals surface area (Å²) in [6.45, 7) is 11.0. The monoisotopic (exact) mass is 187 g/mol. The van der Waals surface area contributed by atoms with Crippen molar-refractivity contribution in [3.05, 3.63) is 34.6 Å². The molecule has 1 aliphatic carbocycles. The SMILES string of the molecule is CC1=CC2=C(C(C)(C)C)C(C)=NC2=C1. The Kier molecular flexibility index (Phi) is 1.82. The van der Waals surface area contributed by atoms with Crippen molar-refractivity contribution in [1.82, 2.24) is 0 Å². The summed E-state index contributed by atoms with van der Waals surface area (Å²) in [4.78, 5) is 4.60. The van der Waals surface area contributed by atoms with E-state index >= 15 is 0 Å². The van der Waals surface area contributed by atoms with Crippen LogP contribution in [0.3, 0.4) is 0 Å². The van der Waals surface area contributed by atoms with Gasteiger partial charge in [0.15, 0.2) is 0 Å². The van der Waals surface area contributed by atoms with Crippen molar-refractivity contribution in [2.75, 3.05) is 0 Å². The molecule has 0 N–H and O–H groups in total. The fourth-order valence-electron chi connectivity index (χ4n) is 2.31. The van der Waals surface area contributed by atoms with Crippen molar-refractivity contribution in [1.29, 1.82) is 0 Å². The van der Waals surface area contributed by atoms with Gasteiger partial charge in [-0.25, -0.2) is 0 Å². The lowest BCUT2D eigenvalue weighted by atomic mass is 9.82. The fourth-order valence-corrected chi connectivity index (χ4v) is 2.31. The van der Waals surface area contributed by atoms with Crippen molar-refractivity contribution >= 4 is 5.71 Å². The molecule has 0 fully saturated rings. The van der Waals surface area contributed by atoms with E-state index in [1.165, 1.54) is 22.4 Å². The first-order valence-electron chi connectivity index (χ1n) is 5.10. The van der Waals surface area contributed by atoms with Gasteiger partial charge in [-0.2, -0.15) is 0 Å².